The summed E-state index contributed by atoms with van der Waals surface area (Å²) in [6, 6.07) is 17.7. The first-order valence-electron chi connectivity index (χ1n) is 9.92. The molecule has 0 aliphatic rings. The predicted molar refractivity (Wildman–Crippen MR) is 127 cm³/mol. The molecule has 0 aliphatic carbocycles. The van der Waals surface area contributed by atoms with Gasteiger partial charge < -0.3 is 14.8 Å². The number of hydrogen-bond acceptors (Lipinski definition) is 4. The van der Waals surface area contributed by atoms with Gasteiger partial charge in [0.05, 0.1) is 11.6 Å². The van der Waals surface area contributed by atoms with Gasteiger partial charge in [0, 0.05) is 10.7 Å². The van der Waals surface area contributed by atoms with Crippen molar-refractivity contribution in [2.45, 2.75) is 13.5 Å². The summed E-state index contributed by atoms with van der Waals surface area (Å²) < 4.78 is 24.9. The molecule has 5 nitrogen and oxygen atoms in total. The summed E-state index contributed by atoms with van der Waals surface area (Å²) in [5.74, 6) is -0.352. The minimum absolute atomic E-state index is 0.0816. The number of rotatable bonds is 8. The molecule has 0 spiro atoms. The van der Waals surface area contributed by atoms with Gasteiger partial charge in [-0.05, 0) is 66.6 Å². The first-order valence-corrected chi connectivity index (χ1v) is 10.7. The van der Waals surface area contributed by atoms with Crippen LogP contribution in [-0.2, 0) is 11.4 Å². The van der Waals surface area contributed by atoms with Crippen LogP contribution in [0, 0.1) is 17.1 Å². The molecule has 0 unspecified atom stereocenters. The van der Waals surface area contributed by atoms with Crippen LogP contribution in [0.5, 0.6) is 11.5 Å². The lowest BCUT2D eigenvalue weighted by Crippen LogP contribution is -2.13. The maximum absolute atomic E-state index is 13.4. The van der Waals surface area contributed by atoms with Gasteiger partial charge in [-0.25, -0.2) is 4.39 Å². The summed E-state index contributed by atoms with van der Waals surface area (Å²) in [5.41, 5.74) is 1.42. The van der Waals surface area contributed by atoms with Crippen LogP contribution in [-0.4, -0.2) is 12.5 Å². The van der Waals surface area contributed by atoms with Gasteiger partial charge in [0.15, 0.2) is 11.5 Å². The predicted octanol–water partition coefficient (Wildman–Crippen LogP) is 6.66. The summed E-state index contributed by atoms with van der Waals surface area (Å²) in [7, 11) is 0. The number of benzene rings is 3. The topological polar surface area (TPSA) is 71.3 Å². The second-order valence-electron chi connectivity index (χ2n) is 6.82. The maximum atomic E-state index is 13.4. The molecule has 0 saturated carbocycles. The summed E-state index contributed by atoms with van der Waals surface area (Å²) in [6.07, 6.45) is 1.39. The van der Waals surface area contributed by atoms with Gasteiger partial charge in [-0.3, -0.25) is 4.79 Å². The van der Waals surface area contributed by atoms with Gasteiger partial charge in [0.1, 0.15) is 24.1 Å². The van der Waals surface area contributed by atoms with E-state index in [9.17, 15) is 14.4 Å². The van der Waals surface area contributed by atoms with Crippen molar-refractivity contribution in [2.75, 3.05) is 11.9 Å². The molecule has 33 heavy (non-hydrogen) atoms. The monoisotopic (exact) mass is 484 g/mol. The Balaban J connectivity index is 1.85. The Kier molecular flexibility index (Phi) is 8.31. The summed E-state index contributed by atoms with van der Waals surface area (Å²) in [6.45, 7) is 2.21. The number of nitrogens with one attached hydrogen (secondary N) is 1. The third kappa shape index (κ3) is 6.72. The number of anilines is 1. The van der Waals surface area contributed by atoms with Crippen LogP contribution >= 0.6 is 23.2 Å². The van der Waals surface area contributed by atoms with Gasteiger partial charge in [-0.1, -0.05) is 41.4 Å². The molecule has 0 aromatic heterocycles. The average Bonchev–Trinajstić information content (AvgIpc) is 2.77. The Labute approximate surface area is 201 Å². The van der Waals surface area contributed by atoms with Crippen molar-refractivity contribution in [3.8, 4) is 17.6 Å². The van der Waals surface area contributed by atoms with E-state index in [4.69, 9.17) is 32.7 Å². The summed E-state index contributed by atoms with van der Waals surface area (Å²) >= 11 is 12.3. The molecule has 8 heteroatoms. The summed E-state index contributed by atoms with van der Waals surface area (Å²) in [4.78, 5) is 12.5. The van der Waals surface area contributed by atoms with E-state index in [1.165, 1.54) is 18.2 Å². The van der Waals surface area contributed by atoms with E-state index in [0.717, 1.165) is 0 Å². The zero-order valence-electron chi connectivity index (χ0n) is 17.6. The smallest absolute Gasteiger partial charge is 0.266 e. The fourth-order valence-corrected chi connectivity index (χ4v) is 3.40. The van der Waals surface area contributed by atoms with Crippen molar-refractivity contribution in [3.63, 3.8) is 0 Å². The van der Waals surface area contributed by atoms with Crippen LogP contribution in [0.25, 0.3) is 6.08 Å². The van der Waals surface area contributed by atoms with Gasteiger partial charge in [0.25, 0.3) is 5.91 Å². The van der Waals surface area contributed by atoms with Crippen molar-refractivity contribution in [2.24, 2.45) is 0 Å². The van der Waals surface area contributed by atoms with Crippen molar-refractivity contribution in [1.29, 1.82) is 5.26 Å². The number of ether oxygens (including phenoxy) is 2. The third-order valence-corrected chi connectivity index (χ3v) is 4.88. The van der Waals surface area contributed by atoms with E-state index in [0.29, 0.717) is 34.2 Å². The van der Waals surface area contributed by atoms with Gasteiger partial charge in [-0.2, -0.15) is 5.26 Å². The first kappa shape index (κ1) is 24.1. The zero-order chi connectivity index (χ0) is 23.8. The highest BCUT2D eigenvalue weighted by atomic mass is 35.5. The fraction of sp³-hybridized carbons (Fsp3) is 0.120. The van der Waals surface area contributed by atoms with Crippen molar-refractivity contribution < 1.29 is 18.7 Å². The molecule has 0 heterocycles. The Bertz CT molecular complexity index is 1240. The van der Waals surface area contributed by atoms with Crippen molar-refractivity contribution >= 4 is 40.9 Å². The van der Waals surface area contributed by atoms with E-state index < -0.39 is 5.91 Å². The Morgan fingerprint density at radius 3 is 2.61 bits per heavy atom. The highest BCUT2D eigenvalue weighted by Gasteiger charge is 2.15. The molecule has 0 atom stereocenters. The lowest BCUT2D eigenvalue weighted by Gasteiger charge is -2.15. The lowest BCUT2D eigenvalue weighted by atomic mass is 10.1. The van der Waals surface area contributed by atoms with Crippen LogP contribution < -0.4 is 14.8 Å². The molecular weight excluding hydrogens is 466 g/mol. The normalized spacial score (nSPS) is 10.9. The van der Waals surface area contributed by atoms with E-state index >= 15 is 0 Å². The SMILES string of the molecule is CCOc1cc(/C=C(\C#N)C(=O)Nc2cccc(Cl)c2)cc(Cl)c1OCc1cccc(F)c1. The molecule has 1 amide bonds. The largest absolute Gasteiger partial charge is 0.490 e. The molecular formula is C25H19Cl2FN2O3. The lowest BCUT2D eigenvalue weighted by molar-refractivity contribution is -0.112. The average molecular weight is 485 g/mol. The number of halogens is 3. The molecule has 3 aromatic carbocycles. The van der Waals surface area contributed by atoms with Crippen LogP contribution in [0.1, 0.15) is 18.1 Å². The fourth-order valence-electron chi connectivity index (χ4n) is 2.94. The van der Waals surface area contributed by atoms with E-state index in [-0.39, 0.29) is 28.8 Å². The number of nitrogens with zero attached hydrogens (tertiary/aromatic N) is 1. The molecule has 3 aromatic rings. The van der Waals surface area contributed by atoms with Gasteiger partial charge in [0.2, 0.25) is 0 Å². The minimum Gasteiger partial charge on any atom is -0.490 e. The molecule has 0 radical (unpaired) electrons. The van der Waals surface area contributed by atoms with Crippen LogP contribution in [0.2, 0.25) is 10.0 Å². The number of amides is 1. The van der Waals surface area contributed by atoms with E-state index in [2.05, 4.69) is 5.32 Å². The molecule has 0 bridgehead atoms. The molecule has 0 saturated heterocycles. The van der Waals surface area contributed by atoms with Gasteiger partial charge >= 0.3 is 0 Å². The Morgan fingerprint density at radius 1 is 1.12 bits per heavy atom. The molecule has 0 fully saturated rings. The maximum Gasteiger partial charge on any atom is 0.266 e. The minimum atomic E-state index is -0.597. The number of nitriles is 1. The van der Waals surface area contributed by atoms with Crippen LogP contribution in [0.4, 0.5) is 10.1 Å². The van der Waals surface area contributed by atoms with Crippen molar-refractivity contribution in [3.05, 3.63) is 93.2 Å². The highest BCUT2D eigenvalue weighted by Crippen LogP contribution is 2.38. The quantitative estimate of drug-likeness (QED) is 0.286. The second-order valence-corrected chi connectivity index (χ2v) is 7.66. The Hall–Kier alpha value is -3.53. The number of carbonyl (C=O) groups excluding carboxylic acids is 1. The molecule has 0 aliphatic heterocycles. The van der Waals surface area contributed by atoms with Crippen molar-refractivity contribution in [1.82, 2.24) is 0 Å². The molecule has 168 valence electrons. The number of hydrogen-bond donors (Lipinski definition) is 1. The molecule has 1 N–H and O–H groups in total. The highest BCUT2D eigenvalue weighted by molar-refractivity contribution is 6.32. The Morgan fingerprint density at radius 2 is 1.91 bits per heavy atom. The first-order chi connectivity index (χ1) is 15.9. The third-order valence-electron chi connectivity index (χ3n) is 4.36. The summed E-state index contributed by atoms with van der Waals surface area (Å²) in [5, 5.41) is 12.8. The molecule has 3 rings (SSSR count). The van der Waals surface area contributed by atoms with Gasteiger partial charge in [-0.15, -0.1) is 0 Å². The van der Waals surface area contributed by atoms with Crippen LogP contribution in [0.15, 0.2) is 66.2 Å². The second kappa shape index (κ2) is 11.4. The van der Waals surface area contributed by atoms with Crippen LogP contribution in [0.3, 0.4) is 0 Å². The number of carbonyl (C=O) groups is 1. The van der Waals surface area contributed by atoms with E-state index in [1.54, 1.807) is 55.5 Å². The zero-order valence-corrected chi connectivity index (χ0v) is 19.1. The van der Waals surface area contributed by atoms with E-state index in [1.807, 2.05) is 6.07 Å². The standard InChI is InChI=1S/C25H19Cl2FN2O3/c1-2-32-23-12-17(9-18(14-29)25(31)30-21-8-4-6-19(26)13-21)11-22(27)24(23)33-15-16-5-3-7-20(28)10-16/h3-13H,2,15H2,1H3,(H,30,31)/b18-9+.